The first-order chi connectivity index (χ1) is 7.70. The summed E-state index contributed by atoms with van der Waals surface area (Å²) in [6.07, 6.45) is 4.13. The van der Waals surface area contributed by atoms with Gasteiger partial charge in [0.05, 0.1) is 0 Å². The zero-order valence-corrected chi connectivity index (χ0v) is 10.00. The normalized spacial score (nSPS) is 15.9. The number of rotatable bonds is 2. The molecule has 2 rings (SSSR count). The van der Waals surface area contributed by atoms with Crippen molar-refractivity contribution in [2.75, 3.05) is 18.0 Å². The van der Waals surface area contributed by atoms with Gasteiger partial charge in [-0.05, 0) is 31.5 Å². The van der Waals surface area contributed by atoms with E-state index < -0.39 is 0 Å². The van der Waals surface area contributed by atoms with E-state index in [2.05, 4.69) is 17.9 Å². The number of carbonyl (C=O) groups excluding carboxylic acids is 1. The second-order valence-corrected chi connectivity index (χ2v) is 4.50. The van der Waals surface area contributed by atoms with Crippen molar-refractivity contribution < 1.29 is 4.79 Å². The average molecular weight is 236 g/mol. The number of aldehydes is 1. The smallest absolute Gasteiger partial charge is 0.152 e. The molecule has 1 aromatic carbocycles. The summed E-state index contributed by atoms with van der Waals surface area (Å²) in [6.45, 7) is 3.94. The highest BCUT2D eigenvalue weighted by atomic mass is 35.5. The molecule has 1 aliphatic heterocycles. The van der Waals surface area contributed by atoms with Crippen LogP contribution in [0.15, 0.2) is 29.8 Å². The Morgan fingerprint density at radius 2 is 2.25 bits per heavy atom. The second-order valence-electron chi connectivity index (χ2n) is 4.07. The van der Waals surface area contributed by atoms with Gasteiger partial charge in [-0.3, -0.25) is 4.79 Å². The predicted molar refractivity (Wildman–Crippen MR) is 67.4 cm³/mol. The number of anilines is 1. The Balaban J connectivity index is 2.32. The fourth-order valence-corrected chi connectivity index (χ4v) is 2.05. The Labute approximate surface area is 101 Å². The van der Waals surface area contributed by atoms with Crippen molar-refractivity contribution >= 4 is 23.6 Å². The van der Waals surface area contributed by atoms with Crippen molar-refractivity contribution in [2.24, 2.45) is 0 Å². The highest BCUT2D eigenvalue weighted by Crippen LogP contribution is 2.26. The van der Waals surface area contributed by atoms with Crippen molar-refractivity contribution in [3.05, 3.63) is 40.4 Å². The molecule has 2 nitrogen and oxygen atoms in total. The maximum absolute atomic E-state index is 11.0. The molecule has 16 heavy (non-hydrogen) atoms. The molecule has 0 bridgehead atoms. The topological polar surface area (TPSA) is 20.3 Å². The molecule has 0 radical (unpaired) electrons. The van der Waals surface area contributed by atoms with Gasteiger partial charge in [0, 0.05) is 29.4 Å². The molecule has 0 saturated heterocycles. The number of carbonyl (C=O) groups is 1. The van der Waals surface area contributed by atoms with Gasteiger partial charge in [0.15, 0.2) is 6.29 Å². The Morgan fingerprint density at radius 3 is 2.88 bits per heavy atom. The molecule has 0 spiro atoms. The second kappa shape index (κ2) is 4.71. The quantitative estimate of drug-likeness (QED) is 0.579. The van der Waals surface area contributed by atoms with Crippen molar-refractivity contribution in [1.29, 1.82) is 0 Å². The van der Waals surface area contributed by atoms with E-state index in [1.807, 2.05) is 6.07 Å². The highest BCUT2D eigenvalue weighted by molar-refractivity contribution is 6.31. The maximum Gasteiger partial charge on any atom is 0.152 e. The van der Waals surface area contributed by atoms with Crippen molar-refractivity contribution in [1.82, 2.24) is 0 Å². The number of hydrogen-bond donors (Lipinski definition) is 0. The van der Waals surface area contributed by atoms with Crippen molar-refractivity contribution in [2.45, 2.75) is 13.3 Å². The summed E-state index contributed by atoms with van der Waals surface area (Å²) in [7, 11) is 0. The lowest BCUT2D eigenvalue weighted by molar-refractivity contribution is 0.112. The van der Waals surface area contributed by atoms with E-state index in [0.29, 0.717) is 10.6 Å². The van der Waals surface area contributed by atoms with Gasteiger partial charge < -0.3 is 4.90 Å². The molecule has 0 amide bonds. The first-order valence-electron chi connectivity index (χ1n) is 5.36. The molecule has 0 atom stereocenters. The summed E-state index contributed by atoms with van der Waals surface area (Å²) in [4.78, 5) is 13.1. The van der Waals surface area contributed by atoms with Crippen LogP contribution in [0.5, 0.6) is 0 Å². The monoisotopic (exact) mass is 235 g/mol. The molecule has 0 aliphatic carbocycles. The predicted octanol–water partition coefficient (Wildman–Crippen LogP) is 3.31. The van der Waals surface area contributed by atoms with Gasteiger partial charge in [0.25, 0.3) is 0 Å². The number of nitrogens with zero attached hydrogens (tertiary/aromatic N) is 1. The minimum absolute atomic E-state index is 0.673. The zero-order chi connectivity index (χ0) is 11.5. The molecule has 1 aromatic rings. The summed E-state index contributed by atoms with van der Waals surface area (Å²) < 4.78 is 0. The lowest BCUT2D eigenvalue weighted by Gasteiger charge is -2.28. The van der Waals surface area contributed by atoms with Crippen LogP contribution in [0.2, 0.25) is 5.02 Å². The van der Waals surface area contributed by atoms with Crippen molar-refractivity contribution in [3.63, 3.8) is 0 Å². The van der Waals surface area contributed by atoms with E-state index in [4.69, 9.17) is 11.6 Å². The van der Waals surface area contributed by atoms with Crippen LogP contribution < -0.4 is 4.90 Å². The third-order valence-electron chi connectivity index (χ3n) is 2.90. The van der Waals surface area contributed by atoms with E-state index in [-0.39, 0.29) is 0 Å². The Bertz CT molecular complexity index is 440. The van der Waals surface area contributed by atoms with E-state index in [9.17, 15) is 4.79 Å². The molecule has 1 aliphatic rings. The molecule has 1 heterocycles. The molecule has 0 aromatic heterocycles. The molecule has 0 unspecified atom stereocenters. The molecular formula is C13H14ClNO. The molecule has 0 N–H and O–H groups in total. The molecule has 0 fully saturated rings. The molecule has 84 valence electrons. The number of hydrogen-bond acceptors (Lipinski definition) is 2. The van der Waals surface area contributed by atoms with E-state index in [1.165, 1.54) is 5.57 Å². The zero-order valence-electron chi connectivity index (χ0n) is 9.24. The number of benzene rings is 1. The average Bonchev–Trinajstić information content (AvgIpc) is 2.30. The van der Waals surface area contributed by atoms with E-state index >= 15 is 0 Å². The van der Waals surface area contributed by atoms with Gasteiger partial charge in [-0.2, -0.15) is 0 Å². The largest absolute Gasteiger partial charge is 0.367 e. The summed E-state index contributed by atoms with van der Waals surface area (Å²) >= 11 is 5.96. The van der Waals surface area contributed by atoms with Gasteiger partial charge in [-0.15, -0.1) is 0 Å². The SMILES string of the molecule is CC1=CCN(c2cc(Cl)ccc2C=O)CC1. The molecule has 3 heteroatoms. The van der Waals surface area contributed by atoms with Gasteiger partial charge >= 0.3 is 0 Å². The maximum atomic E-state index is 11.0. The Hall–Kier alpha value is -1.28. The van der Waals surface area contributed by atoms with Crippen LogP contribution in [0.25, 0.3) is 0 Å². The van der Waals surface area contributed by atoms with Crippen molar-refractivity contribution in [3.8, 4) is 0 Å². The summed E-state index contributed by atoms with van der Waals surface area (Å²) in [5.41, 5.74) is 3.05. The first kappa shape index (κ1) is 11.2. The Morgan fingerprint density at radius 1 is 1.44 bits per heavy atom. The third-order valence-corrected chi connectivity index (χ3v) is 3.13. The molecular weight excluding hydrogens is 222 g/mol. The minimum atomic E-state index is 0.673. The lowest BCUT2D eigenvalue weighted by Crippen LogP contribution is -2.28. The van der Waals surface area contributed by atoms with Crippen LogP contribution >= 0.6 is 11.6 Å². The van der Waals surface area contributed by atoms with Gasteiger partial charge in [-0.1, -0.05) is 23.3 Å². The summed E-state index contributed by atoms with van der Waals surface area (Å²) in [5.74, 6) is 0. The minimum Gasteiger partial charge on any atom is -0.367 e. The van der Waals surface area contributed by atoms with Gasteiger partial charge in [0.1, 0.15) is 0 Å². The van der Waals surface area contributed by atoms with Gasteiger partial charge in [-0.25, -0.2) is 0 Å². The molecule has 0 saturated carbocycles. The summed E-state index contributed by atoms with van der Waals surface area (Å²) in [5, 5.41) is 0.673. The van der Waals surface area contributed by atoms with Crippen LogP contribution in [-0.4, -0.2) is 19.4 Å². The van der Waals surface area contributed by atoms with Crippen LogP contribution in [0.4, 0.5) is 5.69 Å². The standard InChI is InChI=1S/C13H14ClNO/c1-10-4-6-15(7-5-10)13-8-12(14)3-2-11(13)9-16/h2-4,8-9H,5-7H2,1H3. The first-order valence-corrected chi connectivity index (χ1v) is 5.74. The Kier molecular flexibility index (Phi) is 3.30. The van der Waals surface area contributed by atoms with Crippen LogP contribution in [0.3, 0.4) is 0 Å². The fourth-order valence-electron chi connectivity index (χ4n) is 1.88. The van der Waals surface area contributed by atoms with Crippen LogP contribution in [0.1, 0.15) is 23.7 Å². The number of halogens is 1. The lowest BCUT2D eigenvalue weighted by atomic mass is 10.1. The van der Waals surface area contributed by atoms with Gasteiger partial charge in [0.2, 0.25) is 0 Å². The third kappa shape index (κ3) is 2.27. The fraction of sp³-hybridized carbons (Fsp3) is 0.308. The summed E-state index contributed by atoms with van der Waals surface area (Å²) in [6, 6.07) is 5.38. The van der Waals surface area contributed by atoms with E-state index in [0.717, 1.165) is 31.5 Å². The van der Waals surface area contributed by atoms with Crippen LogP contribution in [0, 0.1) is 0 Å². The highest BCUT2D eigenvalue weighted by Gasteiger charge is 2.13. The van der Waals surface area contributed by atoms with E-state index in [1.54, 1.807) is 12.1 Å². The van der Waals surface area contributed by atoms with Crippen LogP contribution in [-0.2, 0) is 0 Å².